The maximum Gasteiger partial charge on any atom is 0.288 e. The van der Waals surface area contributed by atoms with Gasteiger partial charge >= 0.3 is 0 Å². The molecule has 0 saturated carbocycles. The number of carbonyl (C=O) groups is 1. The number of halogens is 1. The molecule has 0 radical (unpaired) electrons. The third kappa shape index (κ3) is 1.99. The highest BCUT2D eigenvalue weighted by atomic mass is 19.1. The van der Waals surface area contributed by atoms with Crippen LogP contribution in [0.5, 0.6) is 0 Å². The summed E-state index contributed by atoms with van der Waals surface area (Å²) in [5.41, 5.74) is 5.76. The van der Waals surface area contributed by atoms with E-state index in [1.54, 1.807) is 22.9 Å². The van der Waals surface area contributed by atoms with Crippen molar-refractivity contribution in [2.75, 3.05) is 0 Å². The second-order valence-electron chi connectivity index (χ2n) is 4.59. The Labute approximate surface area is 109 Å². The molecule has 1 unspecified atom stereocenters. The standard InChI is InChI=1S/C13H13FN4O/c14-9-5-2-1-4-8(9)10-6-3-7-11-16-13(12(15)19)17-18(10)11/h1-2,4-5,10H,3,6-7H2,(H2,15,19). The minimum absolute atomic E-state index is 0.00163. The molecule has 2 heterocycles. The molecule has 0 fully saturated rings. The van der Waals surface area contributed by atoms with Crippen molar-refractivity contribution in [1.82, 2.24) is 14.8 Å². The van der Waals surface area contributed by atoms with E-state index in [-0.39, 0.29) is 17.7 Å². The number of hydrogen-bond donors (Lipinski definition) is 1. The van der Waals surface area contributed by atoms with Gasteiger partial charge in [0.15, 0.2) is 0 Å². The van der Waals surface area contributed by atoms with Crippen molar-refractivity contribution in [3.8, 4) is 0 Å². The molecular weight excluding hydrogens is 247 g/mol. The van der Waals surface area contributed by atoms with Gasteiger partial charge in [-0.15, -0.1) is 5.10 Å². The summed E-state index contributed by atoms with van der Waals surface area (Å²) >= 11 is 0. The third-order valence-corrected chi connectivity index (χ3v) is 3.36. The van der Waals surface area contributed by atoms with Crippen LogP contribution < -0.4 is 5.73 Å². The van der Waals surface area contributed by atoms with Crippen molar-refractivity contribution < 1.29 is 9.18 Å². The van der Waals surface area contributed by atoms with Crippen LogP contribution in [0.15, 0.2) is 24.3 Å². The molecule has 0 bridgehead atoms. The maximum absolute atomic E-state index is 13.9. The van der Waals surface area contributed by atoms with Gasteiger partial charge in [-0.05, 0) is 18.9 Å². The first-order valence-electron chi connectivity index (χ1n) is 6.16. The summed E-state index contributed by atoms with van der Waals surface area (Å²) in [4.78, 5) is 15.2. The van der Waals surface area contributed by atoms with Crippen LogP contribution in [0.2, 0.25) is 0 Å². The van der Waals surface area contributed by atoms with Gasteiger partial charge in [0.25, 0.3) is 5.91 Å². The molecule has 3 rings (SSSR count). The molecule has 5 nitrogen and oxygen atoms in total. The predicted octanol–water partition coefficient (Wildman–Crippen LogP) is 1.44. The largest absolute Gasteiger partial charge is 0.363 e. The lowest BCUT2D eigenvalue weighted by atomic mass is 9.97. The second-order valence-corrected chi connectivity index (χ2v) is 4.59. The molecular formula is C13H13FN4O. The van der Waals surface area contributed by atoms with Gasteiger partial charge in [0.2, 0.25) is 5.82 Å². The topological polar surface area (TPSA) is 73.8 Å². The van der Waals surface area contributed by atoms with Crippen molar-refractivity contribution in [3.05, 3.63) is 47.3 Å². The molecule has 2 N–H and O–H groups in total. The Hall–Kier alpha value is -2.24. The summed E-state index contributed by atoms with van der Waals surface area (Å²) < 4.78 is 15.5. The number of amides is 1. The van der Waals surface area contributed by atoms with E-state index in [1.807, 2.05) is 0 Å². The van der Waals surface area contributed by atoms with Crippen LogP contribution in [0.3, 0.4) is 0 Å². The number of nitrogens with zero attached hydrogens (tertiary/aromatic N) is 3. The van der Waals surface area contributed by atoms with E-state index in [4.69, 9.17) is 5.73 Å². The summed E-state index contributed by atoms with van der Waals surface area (Å²) in [5, 5.41) is 4.11. The molecule has 1 aliphatic heterocycles. The Morgan fingerprint density at radius 2 is 2.21 bits per heavy atom. The molecule has 98 valence electrons. The van der Waals surface area contributed by atoms with E-state index in [1.165, 1.54) is 6.07 Å². The van der Waals surface area contributed by atoms with Gasteiger partial charge in [0.1, 0.15) is 11.6 Å². The van der Waals surface area contributed by atoms with Crippen LogP contribution in [-0.4, -0.2) is 20.7 Å². The van der Waals surface area contributed by atoms with Crippen LogP contribution in [0.1, 0.15) is 40.9 Å². The van der Waals surface area contributed by atoms with E-state index < -0.39 is 5.91 Å². The van der Waals surface area contributed by atoms with Gasteiger partial charge in [-0.3, -0.25) is 4.79 Å². The number of aryl methyl sites for hydroxylation is 1. The average Bonchev–Trinajstić information content (AvgIpc) is 2.83. The number of nitrogens with two attached hydrogens (primary N) is 1. The number of hydrogen-bond acceptors (Lipinski definition) is 3. The van der Waals surface area contributed by atoms with Crippen molar-refractivity contribution in [3.63, 3.8) is 0 Å². The van der Waals surface area contributed by atoms with E-state index in [2.05, 4.69) is 10.1 Å². The number of primary amides is 1. The Balaban J connectivity index is 2.07. The minimum Gasteiger partial charge on any atom is -0.363 e. The molecule has 1 amide bonds. The Kier molecular flexibility index (Phi) is 2.77. The summed E-state index contributed by atoms with van der Waals surface area (Å²) in [7, 11) is 0. The fourth-order valence-electron chi connectivity index (χ4n) is 2.49. The summed E-state index contributed by atoms with van der Waals surface area (Å²) in [6, 6.07) is 6.39. The quantitative estimate of drug-likeness (QED) is 0.887. The molecule has 1 atom stereocenters. The maximum atomic E-state index is 13.9. The van der Waals surface area contributed by atoms with E-state index >= 15 is 0 Å². The molecule has 2 aromatic rings. The zero-order chi connectivity index (χ0) is 13.4. The molecule has 6 heteroatoms. The zero-order valence-corrected chi connectivity index (χ0v) is 10.2. The van der Waals surface area contributed by atoms with Crippen LogP contribution >= 0.6 is 0 Å². The molecule has 0 spiro atoms. The highest BCUT2D eigenvalue weighted by molar-refractivity contribution is 5.88. The van der Waals surface area contributed by atoms with Crippen molar-refractivity contribution in [2.45, 2.75) is 25.3 Å². The van der Waals surface area contributed by atoms with Gasteiger partial charge in [0, 0.05) is 12.0 Å². The fraction of sp³-hybridized carbons (Fsp3) is 0.308. The first-order valence-corrected chi connectivity index (χ1v) is 6.16. The van der Waals surface area contributed by atoms with Crippen LogP contribution in [0.4, 0.5) is 4.39 Å². The molecule has 19 heavy (non-hydrogen) atoms. The third-order valence-electron chi connectivity index (χ3n) is 3.36. The molecule has 1 aromatic heterocycles. The van der Waals surface area contributed by atoms with E-state index in [0.717, 1.165) is 19.3 Å². The number of aromatic nitrogens is 3. The van der Waals surface area contributed by atoms with E-state index in [9.17, 15) is 9.18 Å². The van der Waals surface area contributed by atoms with Crippen LogP contribution in [-0.2, 0) is 6.42 Å². The Morgan fingerprint density at radius 1 is 1.42 bits per heavy atom. The summed E-state index contributed by atoms with van der Waals surface area (Å²) in [6.07, 6.45) is 2.39. The normalized spacial score (nSPS) is 18.1. The first-order chi connectivity index (χ1) is 9.16. The summed E-state index contributed by atoms with van der Waals surface area (Å²) in [6.45, 7) is 0. The molecule has 1 aromatic carbocycles. The highest BCUT2D eigenvalue weighted by Gasteiger charge is 2.27. The van der Waals surface area contributed by atoms with Gasteiger partial charge in [-0.2, -0.15) is 0 Å². The smallest absolute Gasteiger partial charge is 0.288 e. The lowest BCUT2D eigenvalue weighted by Crippen LogP contribution is -2.21. The summed E-state index contributed by atoms with van der Waals surface area (Å²) in [5.74, 6) is -0.239. The van der Waals surface area contributed by atoms with Gasteiger partial charge < -0.3 is 5.73 Å². The van der Waals surface area contributed by atoms with Crippen LogP contribution in [0.25, 0.3) is 0 Å². The molecule has 0 saturated heterocycles. The van der Waals surface area contributed by atoms with Gasteiger partial charge in [-0.25, -0.2) is 14.1 Å². The minimum atomic E-state index is -0.658. The average molecular weight is 260 g/mol. The monoisotopic (exact) mass is 260 g/mol. The number of fused-ring (bicyclic) bond motifs is 1. The van der Waals surface area contributed by atoms with Crippen molar-refractivity contribution in [2.24, 2.45) is 5.73 Å². The van der Waals surface area contributed by atoms with Crippen molar-refractivity contribution in [1.29, 1.82) is 0 Å². The number of benzene rings is 1. The SMILES string of the molecule is NC(=O)c1nc2n(n1)C(c1ccccc1F)CCC2. The number of rotatable bonds is 2. The van der Waals surface area contributed by atoms with Crippen molar-refractivity contribution >= 4 is 5.91 Å². The lowest BCUT2D eigenvalue weighted by molar-refractivity contribution is 0.0990. The lowest BCUT2D eigenvalue weighted by Gasteiger charge is -2.24. The first kappa shape index (κ1) is 11.8. The number of carbonyl (C=O) groups excluding carboxylic acids is 1. The van der Waals surface area contributed by atoms with Gasteiger partial charge in [0.05, 0.1) is 6.04 Å². The molecule has 1 aliphatic rings. The Bertz CT molecular complexity index is 637. The zero-order valence-electron chi connectivity index (χ0n) is 10.2. The Morgan fingerprint density at radius 3 is 2.95 bits per heavy atom. The van der Waals surface area contributed by atoms with Gasteiger partial charge in [-0.1, -0.05) is 18.2 Å². The second kappa shape index (κ2) is 4.46. The fourth-order valence-corrected chi connectivity index (χ4v) is 2.49. The van der Waals surface area contributed by atoms with Crippen LogP contribution in [0, 0.1) is 5.82 Å². The molecule has 0 aliphatic carbocycles. The van der Waals surface area contributed by atoms with E-state index in [0.29, 0.717) is 11.4 Å². The predicted molar refractivity (Wildman–Crippen MR) is 66.0 cm³/mol. The highest BCUT2D eigenvalue weighted by Crippen LogP contribution is 2.30.